The zero-order valence-electron chi connectivity index (χ0n) is 11.0. The minimum atomic E-state index is -0.400. The van der Waals surface area contributed by atoms with Crippen molar-refractivity contribution in [1.82, 2.24) is 14.7 Å². The van der Waals surface area contributed by atoms with Crippen molar-refractivity contribution in [2.45, 2.75) is 45.8 Å². The summed E-state index contributed by atoms with van der Waals surface area (Å²) in [5.74, 6) is 1.56. The minimum Gasteiger partial charge on any atom is -0.388 e. The molecule has 0 aliphatic carbocycles. The molecule has 18 heavy (non-hydrogen) atoms. The Morgan fingerprint density at radius 2 is 2.22 bits per heavy atom. The van der Waals surface area contributed by atoms with E-state index in [0.29, 0.717) is 24.7 Å². The fourth-order valence-corrected chi connectivity index (χ4v) is 1.72. The van der Waals surface area contributed by atoms with Crippen LogP contribution in [0.4, 0.5) is 0 Å². The van der Waals surface area contributed by atoms with Crippen molar-refractivity contribution in [3.8, 4) is 0 Å². The molecule has 0 saturated carbocycles. The molecule has 5 nitrogen and oxygen atoms in total. The van der Waals surface area contributed by atoms with Crippen molar-refractivity contribution in [1.29, 1.82) is 0 Å². The molecule has 5 heteroatoms. The standard InChI is InChI=1S/C13H19N3O2/c1-4-11(17)10-5-6-16(7-10)8-12-14-13(9(2)3)18-15-12/h5-7,9,11,17H,4,8H2,1-3H3. The Kier molecular flexibility index (Phi) is 3.81. The van der Waals surface area contributed by atoms with Crippen molar-refractivity contribution in [2.75, 3.05) is 0 Å². The lowest BCUT2D eigenvalue weighted by molar-refractivity contribution is 0.173. The highest BCUT2D eigenvalue weighted by Crippen LogP contribution is 2.17. The van der Waals surface area contributed by atoms with Gasteiger partial charge in [-0.05, 0) is 18.1 Å². The Hall–Kier alpha value is -1.62. The lowest BCUT2D eigenvalue weighted by atomic mass is 10.1. The Labute approximate surface area is 106 Å². The summed E-state index contributed by atoms with van der Waals surface area (Å²) in [6.45, 7) is 6.55. The van der Waals surface area contributed by atoms with Gasteiger partial charge < -0.3 is 14.2 Å². The van der Waals surface area contributed by atoms with Crippen LogP contribution < -0.4 is 0 Å². The van der Waals surface area contributed by atoms with Crippen molar-refractivity contribution in [2.24, 2.45) is 0 Å². The first-order valence-corrected chi connectivity index (χ1v) is 6.26. The molecule has 98 valence electrons. The second-order valence-corrected chi connectivity index (χ2v) is 4.74. The summed E-state index contributed by atoms with van der Waals surface area (Å²) in [6.07, 6.45) is 4.14. The first-order chi connectivity index (χ1) is 8.60. The molecule has 2 heterocycles. The zero-order valence-corrected chi connectivity index (χ0v) is 11.0. The Bertz CT molecular complexity index is 502. The minimum absolute atomic E-state index is 0.244. The van der Waals surface area contributed by atoms with Crippen molar-refractivity contribution in [3.05, 3.63) is 35.7 Å². The molecule has 0 saturated heterocycles. The molecule has 2 aromatic rings. The fraction of sp³-hybridized carbons (Fsp3) is 0.538. The van der Waals surface area contributed by atoms with E-state index in [1.807, 2.05) is 43.8 Å². The van der Waals surface area contributed by atoms with Gasteiger partial charge in [-0.1, -0.05) is 25.9 Å². The van der Waals surface area contributed by atoms with E-state index in [9.17, 15) is 5.11 Å². The highest BCUT2D eigenvalue weighted by Gasteiger charge is 2.11. The van der Waals surface area contributed by atoms with Crippen LogP contribution >= 0.6 is 0 Å². The molecule has 0 spiro atoms. The van der Waals surface area contributed by atoms with E-state index in [1.165, 1.54) is 0 Å². The van der Waals surface area contributed by atoms with Gasteiger partial charge in [0.25, 0.3) is 0 Å². The van der Waals surface area contributed by atoms with Gasteiger partial charge in [0.2, 0.25) is 5.89 Å². The predicted octanol–water partition coefficient (Wildman–Crippen LogP) is 2.49. The molecular weight excluding hydrogens is 230 g/mol. The second-order valence-electron chi connectivity index (χ2n) is 4.74. The monoisotopic (exact) mass is 249 g/mol. The molecular formula is C13H19N3O2. The van der Waals surface area contributed by atoms with Gasteiger partial charge in [-0.2, -0.15) is 4.98 Å². The number of hydrogen-bond donors (Lipinski definition) is 1. The molecule has 2 aromatic heterocycles. The SMILES string of the molecule is CCC(O)c1ccn(Cc2noc(C(C)C)n2)c1. The average molecular weight is 249 g/mol. The second kappa shape index (κ2) is 5.35. The molecule has 0 fully saturated rings. The summed E-state index contributed by atoms with van der Waals surface area (Å²) in [7, 11) is 0. The van der Waals surface area contributed by atoms with Gasteiger partial charge in [-0.25, -0.2) is 0 Å². The molecule has 0 aromatic carbocycles. The van der Waals surface area contributed by atoms with Gasteiger partial charge in [0, 0.05) is 18.3 Å². The van der Waals surface area contributed by atoms with E-state index < -0.39 is 6.10 Å². The third-order valence-electron chi connectivity index (χ3n) is 2.85. The summed E-state index contributed by atoms with van der Waals surface area (Å²) < 4.78 is 7.10. The van der Waals surface area contributed by atoms with Crippen LogP contribution in [0.2, 0.25) is 0 Å². The van der Waals surface area contributed by atoms with Crippen LogP contribution in [0.3, 0.4) is 0 Å². The summed E-state index contributed by atoms with van der Waals surface area (Å²) in [5.41, 5.74) is 0.921. The number of hydrogen-bond acceptors (Lipinski definition) is 4. The van der Waals surface area contributed by atoms with Crippen LogP contribution in [0.25, 0.3) is 0 Å². The molecule has 1 atom stereocenters. The third kappa shape index (κ3) is 2.79. The van der Waals surface area contributed by atoms with Crippen LogP contribution in [0, 0.1) is 0 Å². The number of aliphatic hydroxyl groups excluding tert-OH is 1. The van der Waals surface area contributed by atoms with Crippen LogP contribution in [0.1, 0.15) is 56.5 Å². The summed E-state index contributed by atoms with van der Waals surface area (Å²) in [4.78, 5) is 4.32. The van der Waals surface area contributed by atoms with Crippen molar-refractivity contribution >= 4 is 0 Å². The number of aromatic nitrogens is 3. The summed E-state index contributed by atoms with van der Waals surface area (Å²) in [6, 6.07) is 1.91. The number of nitrogens with zero attached hydrogens (tertiary/aromatic N) is 3. The van der Waals surface area contributed by atoms with Gasteiger partial charge in [-0.15, -0.1) is 0 Å². The van der Waals surface area contributed by atoms with Crippen molar-refractivity contribution < 1.29 is 9.63 Å². The quantitative estimate of drug-likeness (QED) is 0.884. The Balaban J connectivity index is 2.06. The normalized spacial score (nSPS) is 13.2. The Morgan fingerprint density at radius 3 is 2.83 bits per heavy atom. The zero-order chi connectivity index (χ0) is 13.1. The highest BCUT2D eigenvalue weighted by molar-refractivity contribution is 5.14. The smallest absolute Gasteiger partial charge is 0.229 e. The van der Waals surface area contributed by atoms with Gasteiger partial charge in [-0.3, -0.25) is 0 Å². The van der Waals surface area contributed by atoms with Gasteiger partial charge in [0.05, 0.1) is 12.6 Å². The first-order valence-electron chi connectivity index (χ1n) is 6.26. The molecule has 0 aliphatic rings. The Morgan fingerprint density at radius 1 is 1.44 bits per heavy atom. The van der Waals surface area contributed by atoms with E-state index in [4.69, 9.17) is 4.52 Å². The first kappa shape index (κ1) is 12.8. The molecule has 0 amide bonds. The molecule has 0 bridgehead atoms. The largest absolute Gasteiger partial charge is 0.388 e. The van der Waals surface area contributed by atoms with Crippen LogP contribution in [0.5, 0.6) is 0 Å². The van der Waals surface area contributed by atoms with E-state index >= 15 is 0 Å². The van der Waals surface area contributed by atoms with Crippen LogP contribution in [-0.4, -0.2) is 19.8 Å². The third-order valence-corrected chi connectivity index (χ3v) is 2.85. The number of rotatable bonds is 5. The maximum Gasteiger partial charge on any atom is 0.229 e. The highest BCUT2D eigenvalue weighted by atomic mass is 16.5. The van der Waals surface area contributed by atoms with Gasteiger partial charge >= 0.3 is 0 Å². The molecule has 2 rings (SSSR count). The average Bonchev–Trinajstić information content (AvgIpc) is 2.98. The summed E-state index contributed by atoms with van der Waals surface area (Å²) in [5, 5.41) is 13.7. The molecule has 0 aliphatic heterocycles. The van der Waals surface area contributed by atoms with E-state index in [-0.39, 0.29) is 5.92 Å². The van der Waals surface area contributed by atoms with Crippen molar-refractivity contribution in [3.63, 3.8) is 0 Å². The topological polar surface area (TPSA) is 64.1 Å². The lowest BCUT2D eigenvalue weighted by Gasteiger charge is -2.03. The summed E-state index contributed by atoms with van der Waals surface area (Å²) >= 11 is 0. The number of aliphatic hydroxyl groups is 1. The van der Waals surface area contributed by atoms with Gasteiger partial charge in [0.1, 0.15) is 0 Å². The van der Waals surface area contributed by atoms with Gasteiger partial charge in [0.15, 0.2) is 5.82 Å². The van der Waals surface area contributed by atoms with E-state index in [2.05, 4.69) is 10.1 Å². The van der Waals surface area contributed by atoms with E-state index in [0.717, 1.165) is 5.56 Å². The van der Waals surface area contributed by atoms with E-state index in [1.54, 1.807) is 0 Å². The molecule has 1 N–H and O–H groups in total. The van der Waals surface area contributed by atoms with Crippen LogP contribution in [0.15, 0.2) is 23.0 Å². The maximum atomic E-state index is 9.72. The lowest BCUT2D eigenvalue weighted by Crippen LogP contribution is -2.00. The fourth-order valence-electron chi connectivity index (χ4n) is 1.72. The molecule has 1 unspecified atom stereocenters. The molecule has 0 radical (unpaired) electrons. The predicted molar refractivity (Wildman–Crippen MR) is 67.2 cm³/mol. The maximum absolute atomic E-state index is 9.72. The van der Waals surface area contributed by atoms with Crippen LogP contribution in [-0.2, 0) is 6.54 Å².